The second-order valence-corrected chi connectivity index (χ2v) is 7.78. The Kier molecular flexibility index (Phi) is 7.29. The van der Waals surface area contributed by atoms with Crippen LogP contribution >= 0.6 is 11.6 Å². The summed E-state index contributed by atoms with van der Waals surface area (Å²) in [5.41, 5.74) is 4.30. The quantitative estimate of drug-likeness (QED) is 0.358. The minimum atomic E-state index is -0.527. The molecule has 0 aliphatic heterocycles. The van der Waals surface area contributed by atoms with Crippen molar-refractivity contribution in [2.75, 3.05) is 12.4 Å². The van der Waals surface area contributed by atoms with Crippen LogP contribution in [0.4, 0.5) is 10.1 Å². The van der Waals surface area contributed by atoms with E-state index in [0.717, 1.165) is 11.1 Å². The highest BCUT2D eigenvalue weighted by Gasteiger charge is 2.15. The smallest absolute Gasteiger partial charge is 0.266 e. The Morgan fingerprint density at radius 2 is 1.91 bits per heavy atom. The average molecular weight is 449 g/mol. The first-order valence-electron chi connectivity index (χ1n) is 9.92. The average Bonchev–Trinajstić information content (AvgIpc) is 2.77. The van der Waals surface area contributed by atoms with Gasteiger partial charge >= 0.3 is 0 Å². The number of amides is 1. The molecule has 0 aromatic heterocycles. The maximum Gasteiger partial charge on any atom is 0.266 e. The molecule has 3 aromatic rings. The number of nitrogens with zero attached hydrogens (tertiary/aromatic N) is 1. The number of aryl methyl sites for hydroxylation is 2. The van der Waals surface area contributed by atoms with E-state index in [1.54, 1.807) is 36.4 Å². The maximum absolute atomic E-state index is 14.1. The number of ether oxygens (including phenoxy) is 1. The third kappa shape index (κ3) is 5.35. The third-order valence-electron chi connectivity index (χ3n) is 5.16. The fourth-order valence-corrected chi connectivity index (χ4v) is 3.52. The van der Waals surface area contributed by atoms with Crippen LogP contribution in [0.15, 0.2) is 60.2 Å². The number of benzene rings is 3. The van der Waals surface area contributed by atoms with Crippen LogP contribution in [0.2, 0.25) is 5.02 Å². The van der Waals surface area contributed by atoms with Gasteiger partial charge in [-0.15, -0.1) is 0 Å². The van der Waals surface area contributed by atoms with Crippen molar-refractivity contribution in [1.82, 2.24) is 0 Å². The van der Waals surface area contributed by atoms with Crippen LogP contribution in [-0.4, -0.2) is 13.0 Å². The molecule has 0 radical (unpaired) electrons. The zero-order valence-electron chi connectivity index (χ0n) is 18.0. The molecule has 0 fully saturated rings. The molecule has 0 atom stereocenters. The number of carbonyl (C=O) groups is 1. The summed E-state index contributed by atoms with van der Waals surface area (Å²) < 4.78 is 19.5. The van der Waals surface area contributed by atoms with Crippen molar-refractivity contribution in [3.63, 3.8) is 0 Å². The molecule has 0 aliphatic carbocycles. The van der Waals surface area contributed by atoms with Gasteiger partial charge in [0.05, 0.1) is 7.11 Å². The van der Waals surface area contributed by atoms with Gasteiger partial charge in [-0.2, -0.15) is 5.26 Å². The highest BCUT2D eigenvalue weighted by atomic mass is 35.5. The predicted octanol–water partition coefficient (Wildman–Crippen LogP) is 6.24. The zero-order chi connectivity index (χ0) is 23.3. The molecular weight excluding hydrogens is 427 g/mol. The minimum Gasteiger partial charge on any atom is -0.496 e. The van der Waals surface area contributed by atoms with Gasteiger partial charge in [-0.05, 0) is 72.5 Å². The highest BCUT2D eigenvalue weighted by molar-refractivity contribution is 6.31. The predicted molar refractivity (Wildman–Crippen MR) is 125 cm³/mol. The Morgan fingerprint density at radius 1 is 1.16 bits per heavy atom. The Balaban J connectivity index is 1.89. The molecule has 0 aliphatic rings. The summed E-state index contributed by atoms with van der Waals surface area (Å²) in [6, 6.07) is 17.2. The first-order valence-corrected chi connectivity index (χ1v) is 10.3. The summed E-state index contributed by atoms with van der Waals surface area (Å²) in [4.78, 5) is 12.6. The first kappa shape index (κ1) is 23.1. The lowest BCUT2D eigenvalue weighted by Crippen LogP contribution is -2.13. The first-order chi connectivity index (χ1) is 15.3. The summed E-state index contributed by atoms with van der Waals surface area (Å²) in [6.07, 6.45) is 1.69. The molecule has 0 saturated heterocycles. The molecule has 3 rings (SSSR count). The molecule has 0 bridgehead atoms. The van der Waals surface area contributed by atoms with E-state index in [9.17, 15) is 14.4 Å². The zero-order valence-corrected chi connectivity index (χ0v) is 18.8. The molecule has 1 amide bonds. The van der Waals surface area contributed by atoms with E-state index >= 15 is 0 Å². The van der Waals surface area contributed by atoms with Crippen LogP contribution in [0.25, 0.3) is 6.08 Å². The number of rotatable bonds is 6. The number of nitriles is 1. The molecule has 0 spiro atoms. The minimum absolute atomic E-state index is 0.0804. The Labute approximate surface area is 191 Å². The number of hydrogen-bond acceptors (Lipinski definition) is 3. The van der Waals surface area contributed by atoms with Crippen molar-refractivity contribution in [1.29, 1.82) is 5.26 Å². The molecule has 0 saturated carbocycles. The van der Waals surface area contributed by atoms with E-state index in [4.69, 9.17) is 16.3 Å². The number of halogens is 2. The van der Waals surface area contributed by atoms with Crippen molar-refractivity contribution in [2.45, 2.75) is 20.3 Å². The lowest BCUT2D eigenvalue weighted by atomic mass is 10.0. The molecule has 6 heteroatoms. The standard InChI is InChI=1S/C26H22ClFN2O2/c1-16-8-9-21(10-17(16)2)30-26(31)20(15-29)11-18-12-23(27)22(25(13-18)32-3)14-19-6-4-5-7-24(19)28/h4-13H,14H2,1-3H3,(H,30,31)/b20-11+. The second-order valence-electron chi connectivity index (χ2n) is 7.37. The summed E-state index contributed by atoms with van der Waals surface area (Å²) >= 11 is 6.47. The summed E-state index contributed by atoms with van der Waals surface area (Å²) in [5.74, 6) is -0.412. The molecule has 32 heavy (non-hydrogen) atoms. The van der Waals surface area contributed by atoms with E-state index in [2.05, 4.69) is 5.32 Å². The van der Waals surface area contributed by atoms with E-state index in [-0.39, 0.29) is 17.8 Å². The monoisotopic (exact) mass is 448 g/mol. The number of nitrogens with one attached hydrogen (secondary N) is 1. The number of carbonyl (C=O) groups excluding carboxylic acids is 1. The lowest BCUT2D eigenvalue weighted by molar-refractivity contribution is -0.112. The van der Waals surface area contributed by atoms with E-state index in [1.165, 1.54) is 19.3 Å². The fourth-order valence-electron chi connectivity index (χ4n) is 3.23. The third-order valence-corrected chi connectivity index (χ3v) is 5.50. The van der Waals surface area contributed by atoms with Crippen molar-refractivity contribution in [3.05, 3.63) is 98.8 Å². The number of methoxy groups -OCH3 is 1. The second kappa shape index (κ2) is 10.1. The van der Waals surface area contributed by atoms with Crippen molar-refractivity contribution in [2.24, 2.45) is 0 Å². The van der Waals surface area contributed by atoms with Crippen LogP contribution in [0, 0.1) is 31.0 Å². The van der Waals surface area contributed by atoms with Gasteiger partial charge in [0.1, 0.15) is 23.2 Å². The van der Waals surface area contributed by atoms with Gasteiger partial charge in [-0.25, -0.2) is 4.39 Å². The molecule has 162 valence electrons. The van der Waals surface area contributed by atoms with Gasteiger partial charge in [0.2, 0.25) is 0 Å². The van der Waals surface area contributed by atoms with Gasteiger partial charge in [-0.3, -0.25) is 4.79 Å². The molecule has 4 nitrogen and oxygen atoms in total. The van der Waals surface area contributed by atoms with Gasteiger partial charge < -0.3 is 10.1 Å². The van der Waals surface area contributed by atoms with Gasteiger partial charge in [-0.1, -0.05) is 35.9 Å². The maximum atomic E-state index is 14.1. The van der Waals surface area contributed by atoms with Crippen LogP contribution < -0.4 is 10.1 Å². The van der Waals surface area contributed by atoms with Crippen molar-refractivity contribution < 1.29 is 13.9 Å². The van der Waals surface area contributed by atoms with Gasteiger partial charge in [0.15, 0.2) is 0 Å². The fraction of sp³-hybridized carbons (Fsp3) is 0.154. The van der Waals surface area contributed by atoms with Gasteiger partial charge in [0, 0.05) is 22.7 Å². The Bertz CT molecular complexity index is 1250. The van der Waals surface area contributed by atoms with Crippen molar-refractivity contribution in [3.8, 4) is 11.8 Å². The topological polar surface area (TPSA) is 62.1 Å². The van der Waals surface area contributed by atoms with Crippen molar-refractivity contribution >= 4 is 29.3 Å². The normalized spacial score (nSPS) is 11.1. The lowest BCUT2D eigenvalue weighted by Gasteiger charge is -2.13. The molecule has 0 unspecified atom stereocenters. The summed E-state index contributed by atoms with van der Waals surface area (Å²) in [5, 5.41) is 12.6. The SMILES string of the molecule is COc1cc(/C=C(\C#N)C(=O)Nc2ccc(C)c(C)c2)cc(Cl)c1Cc1ccccc1F. The van der Waals surface area contributed by atoms with E-state index in [1.807, 2.05) is 32.0 Å². The largest absolute Gasteiger partial charge is 0.496 e. The van der Waals surface area contributed by atoms with Crippen LogP contribution in [0.5, 0.6) is 5.75 Å². The van der Waals surface area contributed by atoms with Crippen LogP contribution in [-0.2, 0) is 11.2 Å². The number of hydrogen-bond donors (Lipinski definition) is 1. The summed E-state index contributed by atoms with van der Waals surface area (Å²) in [6.45, 7) is 3.93. The highest BCUT2D eigenvalue weighted by Crippen LogP contribution is 2.32. The van der Waals surface area contributed by atoms with Crippen LogP contribution in [0.3, 0.4) is 0 Å². The number of anilines is 1. The molecule has 3 aromatic carbocycles. The van der Waals surface area contributed by atoms with E-state index in [0.29, 0.717) is 33.1 Å². The van der Waals surface area contributed by atoms with Crippen LogP contribution in [0.1, 0.15) is 27.8 Å². The summed E-state index contributed by atoms with van der Waals surface area (Å²) in [7, 11) is 1.49. The Morgan fingerprint density at radius 3 is 2.56 bits per heavy atom. The molecule has 1 N–H and O–H groups in total. The molecular formula is C26H22ClFN2O2. The molecule has 0 heterocycles. The Hall–Kier alpha value is -3.62. The van der Waals surface area contributed by atoms with Gasteiger partial charge in [0.25, 0.3) is 5.91 Å². The van der Waals surface area contributed by atoms with E-state index < -0.39 is 5.91 Å².